The number of benzene rings is 1. The Morgan fingerprint density at radius 1 is 1.16 bits per heavy atom. The molecule has 2 aliphatic rings. The number of aryl methyl sites for hydroxylation is 1. The van der Waals surface area contributed by atoms with Gasteiger partial charge in [0.15, 0.2) is 16.7 Å². The lowest BCUT2D eigenvalue weighted by Gasteiger charge is -2.28. The summed E-state index contributed by atoms with van der Waals surface area (Å²) < 4.78 is 17.2. The summed E-state index contributed by atoms with van der Waals surface area (Å²) in [6, 6.07) is 9.80. The van der Waals surface area contributed by atoms with Crippen molar-refractivity contribution in [3.63, 3.8) is 0 Å². The number of thioether (sulfide) groups is 1. The normalized spacial score (nSPS) is 19.7. The average Bonchev–Trinajstić information content (AvgIpc) is 2.66. The van der Waals surface area contributed by atoms with E-state index in [1.807, 2.05) is 37.3 Å². The van der Waals surface area contributed by atoms with Crippen LogP contribution in [0.4, 0.5) is 5.82 Å². The summed E-state index contributed by atoms with van der Waals surface area (Å²) in [5.74, 6) is 3.34. The molecule has 6 nitrogen and oxygen atoms in total. The summed E-state index contributed by atoms with van der Waals surface area (Å²) in [7, 11) is 0. The van der Waals surface area contributed by atoms with E-state index in [-0.39, 0.29) is 6.10 Å². The van der Waals surface area contributed by atoms with E-state index in [2.05, 4.69) is 9.88 Å². The van der Waals surface area contributed by atoms with Crippen molar-refractivity contribution in [2.75, 3.05) is 43.6 Å². The van der Waals surface area contributed by atoms with Gasteiger partial charge in [0.25, 0.3) is 0 Å². The maximum atomic E-state index is 6.00. The molecular formula is C18H21N3O3S. The van der Waals surface area contributed by atoms with Crippen molar-refractivity contribution in [2.24, 2.45) is 0 Å². The second-order valence-corrected chi connectivity index (χ2v) is 7.05. The second-order valence-electron chi connectivity index (χ2n) is 6.06. The first kappa shape index (κ1) is 16.5. The first-order valence-corrected chi connectivity index (χ1v) is 9.46. The van der Waals surface area contributed by atoms with Crippen molar-refractivity contribution < 1.29 is 14.2 Å². The minimum Gasteiger partial charge on any atom is -0.486 e. The molecule has 2 aromatic rings. The molecule has 2 aliphatic heterocycles. The van der Waals surface area contributed by atoms with Gasteiger partial charge in [-0.05, 0) is 19.1 Å². The van der Waals surface area contributed by atoms with Gasteiger partial charge in [-0.1, -0.05) is 23.9 Å². The number of aromatic nitrogens is 2. The number of rotatable bonds is 4. The van der Waals surface area contributed by atoms with Crippen molar-refractivity contribution in [3.05, 3.63) is 36.0 Å². The number of morpholine rings is 1. The van der Waals surface area contributed by atoms with Crippen LogP contribution in [0.1, 0.15) is 5.69 Å². The Labute approximate surface area is 151 Å². The van der Waals surface area contributed by atoms with E-state index in [0.29, 0.717) is 6.61 Å². The molecule has 0 spiro atoms. The maximum absolute atomic E-state index is 6.00. The second kappa shape index (κ2) is 7.49. The van der Waals surface area contributed by atoms with Gasteiger partial charge >= 0.3 is 0 Å². The molecule has 25 heavy (non-hydrogen) atoms. The van der Waals surface area contributed by atoms with Gasteiger partial charge in [-0.3, -0.25) is 0 Å². The van der Waals surface area contributed by atoms with Crippen molar-refractivity contribution in [3.8, 4) is 11.5 Å². The molecule has 3 heterocycles. The highest BCUT2D eigenvalue weighted by Gasteiger charge is 2.21. The van der Waals surface area contributed by atoms with Gasteiger partial charge < -0.3 is 19.1 Å². The summed E-state index contributed by atoms with van der Waals surface area (Å²) in [6.45, 7) is 5.79. The predicted octanol–water partition coefficient (Wildman–Crippen LogP) is 2.55. The molecular weight excluding hydrogens is 338 g/mol. The first-order chi connectivity index (χ1) is 12.3. The van der Waals surface area contributed by atoms with Crippen molar-refractivity contribution in [1.82, 2.24) is 9.97 Å². The molecule has 0 saturated carbocycles. The van der Waals surface area contributed by atoms with Gasteiger partial charge in [-0.25, -0.2) is 9.97 Å². The Bertz CT molecular complexity index is 737. The van der Waals surface area contributed by atoms with Gasteiger partial charge in [0.2, 0.25) is 0 Å². The van der Waals surface area contributed by atoms with Crippen LogP contribution in [0.2, 0.25) is 0 Å². The Kier molecular flexibility index (Phi) is 4.94. The quantitative estimate of drug-likeness (QED) is 0.614. The highest BCUT2D eigenvalue weighted by atomic mass is 32.2. The van der Waals surface area contributed by atoms with Crippen LogP contribution in [0.3, 0.4) is 0 Å². The van der Waals surface area contributed by atoms with E-state index in [0.717, 1.165) is 60.2 Å². The third-order valence-corrected chi connectivity index (χ3v) is 5.10. The topological polar surface area (TPSA) is 56.7 Å². The van der Waals surface area contributed by atoms with Crippen LogP contribution in [0.25, 0.3) is 0 Å². The number of hydrogen-bond acceptors (Lipinski definition) is 7. The fourth-order valence-electron chi connectivity index (χ4n) is 2.86. The molecule has 132 valence electrons. The molecule has 1 fully saturated rings. The molecule has 1 aromatic carbocycles. The Hall–Kier alpha value is -1.99. The van der Waals surface area contributed by atoms with E-state index < -0.39 is 0 Å². The minimum atomic E-state index is -0.00384. The number of para-hydroxylation sites is 2. The lowest BCUT2D eigenvalue weighted by molar-refractivity contribution is 0.107. The van der Waals surface area contributed by atoms with Crippen LogP contribution in [-0.2, 0) is 4.74 Å². The first-order valence-electron chi connectivity index (χ1n) is 8.47. The maximum Gasteiger partial charge on any atom is 0.189 e. The molecule has 0 aliphatic carbocycles. The molecule has 1 atom stereocenters. The van der Waals surface area contributed by atoms with Gasteiger partial charge in [-0.2, -0.15) is 0 Å². The van der Waals surface area contributed by atoms with Gasteiger partial charge in [0.05, 0.1) is 13.2 Å². The van der Waals surface area contributed by atoms with Gasteiger partial charge in [-0.15, -0.1) is 0 Å². The predicted molar refractivity (Wildman–Crippen MR) is 96.9 cm³/mol. The molecule has 0 bridgehead atoms. The third kappa shape index (κ3) is 3.99. The van der Waals surface area contributed by atoms with E-state index in [9.17, 15) is 0 Å². The smallest absolute Gasteiger partial charge is 0.189 e. The van der Waals surface area contributed by atoms with Crippen LogP contribution < -0.4 is 14.4 Å². The lowest BCUT2D eigenvalue weighted by atomic mass is 10.3. The van der Waals surface area contributed by atoms with Crippen LogP contribution in [0, 0.1) is 6.92 Å². The molecule has 0 radical (unpaired) electrons. The Morgan fingerprint density at radius 3 is 2.80 bits per heavy atom. The number of hydrogen-bond donors (Lipinski definition) is 0. The molecule has 4 rings (SSSR count). The molecule has 1 aromatic heterocycles. The van der Waals surface area contributed by atoms with E-state index in [4.69, 9.17) is 19.2 Å². The standard InChI is InChI=1S/C18H21N3O3S/c1-13-10-17(21-6-8-22-9-7-21)20-18(19-13)25-12-14-11-23-15-4-2-3-5-16(15)24-14/h2-5,10,14H,6-9,11-12H2,1H3. The van der Waals surface area contributed by atoms with E-state index in [1.165, 1.54) is 0 Å². The fourth-order valence-corrected chi connectivity index (χ4v) is 3.72. The highest BCUT2D eigenvalue weighted by Crippen LogP contribution is 2.32. The summed E-state index contributed by atoms with van der Waals surface area (Å²) in [4.78, 5) is 11.5. The zero-order valence-electron chi connectivity index (χ0n) is 14.2. The number of nitrogens with zero attached hydrogens (tertiary/aromatic N) is 3. The average molecular weight is 359 g/mol. The number of ether oxygens (including phenoxy) is 3. The summed E-state index contributed by atoms with van der Waals surface area (Å²) in [5.41, 5.74) is 0.977. The fraction of sp³-hybridized carbons (Fsp3) is 0.444. The third-order valence-electron chi connectivity index (χ3n) is 4.12. The van der Waals surface area contributed by atoms with Crippen LogP contribution >= 0.6 is 11.8 Å². The van der Waals surface area contributed by atoms with E-state index in [1.54, 1.807) is 11.8 Å². The van der Waals surface area contributed by atoms with Crippen molar-refractivity contribution >= 4 is 17.6 Å². The SMILES string of the molecule is Cc1cc(N2CCOCC2)nc(SCC2COc3ccccc3O2)n1. The zero-order chi connectivity index (χ0) is 17.1. The molecule has 0 amide bonds. The molecule has 7 heteroatoms. The van der Waals surface area contributed by atoms with Crippen molar-refractivity contribution in [2.45, 2.75) is 18.2 Å². The molecule has 1 saturated heterocycles. The number of anilines is 1. The summed E-state index contributed by atoms with van der Waals surface area (Å²) in [6.07, 6.45) is -0.00384. The Balaban J connectivity index is 1.40. The largest absolute Gasteiger partial charge is 0.486 e. The molecule has 1 unspecified atom stereocenters. The van der Waals surface area contributed by atoms with Crippen LogP contribution in [0.15, 0.2) is 35.5 Å². The highest BCUT2D eigenvalue weighted by molar-refractivity contribution is 7.99. The Morgan fingerprint density at radius 2 is 1.96 bits per heavy atom. The lowest BCUT2D eigenvalue weighted by Crippen LogP contribution is -2.37. The van der Waals surface area contributed by atoms with Crippen LogP contribution in [-0.4, -0.2) is 54.7 Å². The van der Waals surface area contributed by atoms with Gasteiger partial charge in [0, 0.05) is 30.6 Å². The monoisotopic (exact) mass is 359 g/mol. The molecule has 0 N–H and O–H groups in total. The van der Waals surface area contributed by atoms with E-state index >= 15 is 0 Å². The van der Waals surface area contributed by atoms with Gasteiger partial charge in [0.1, 0.15) is 18.5 Å². The van der Waals surface area contributed by atoms with Crippen molar-refractivity contribution in [1.29, 1.82) is 0 Å². The summed E-state index contributed by atoms with van der Waals surface area (Å²) >= 11 is 1.61. The zero-order valence-corrected chi connectivity index (χ0v) is 15.0. The number of fused-ring (bicyclic) bond motifs is 1. The van der Waals surface area contributed by atoms with Crippen LogP contribution in [0.5, 0.6) is 11.5 Å². The summed E-state index contributed by atoms with van der Waals surface area (Å²) in [5, 5.41) is 0.781. The minimum absolute atomic E-state index is 0.00384.